The summed E-state index contributed by atoms with van der Waals surface area (Å²) in [6.07, 6.45) is -1.42. The minimum atomic E-state index is -1.47. The van der Waals surface area contributed by atoms with Gasteiger partial charge >= 0.3 is 6.09 Å². The molecule has 0 aliphatic carbocycles. The fourth-order valence-electron chi connectivity index (χ4n) is 0.0730. The maximum Gasteiger partial charge on any atom is 0.450 e. The lowest BCUT2D eigenvalue weighted by Gasteiger charge is -1.67. The average molecular weight is 102 g/mol. The first-order chi connectivity index (χ1) is 3.27. The Morgan fingerprint density at radius 2 is 2.29 bits per heavy atom. The highest BCUT2D eigenvalue weighted by molar-refractivity contribution is 5.66. The second-order valence-corrected chi connectivity index (χ2v) is 0.603. The molecule has 0 rings (SSSR count). The van der Waals surface area contributed by atoms with Crippen molar-refractivity contribution in [2.24, 2.45) is 10.2 Å². The number of nitrogens with zero attached hydrogens (tertiary/aromatic N) is 2. The Morgan fingerprint density at radius 1 is 1.71 bits per heavy atom. The third-order valence-electron chi connectivity index (χ3n) is 0.190. The Balaban J connectivity index is 3.46. The minimum absolute atomic E-state index is 0.0497. The van der Waals surface area contributed by atoms with Gasteiger partial charge < -0.3 is 5.11 Å². The molecule has 2 amide bonds. The molecular formula is C2H2N2O3. The van der Waals surface area contributed by atoms with Gasteiger partial charge in [0.05, 0.1) is 0 Å². The fraction of sp³-hybridized carbons (Fsp3) is 0. The summed E-state index contributed by atoms with van der Waals surface area (Å²) >= 11 is 0. The molecule has 0 fully saturated rings. The van der Waals surface area contributed by atoms with Gasteiger partial charge in [-0.1, -0.05) is 5.11 Å². The lowest BCUT2D eigenvalue weighted by atomic mass is 11.3. The largest absolute Gasteiger partial charge is 0.462 e. The van der Waals surface area contributed by atoms with Crippen LogP contribution < -0.4 is 0 Å². The molecule has 0 unspecified atom stereocenters. The number of carboxylic acid groups (broad SMARTS) is 1. The van der Waals surface area contributed by atoms with Crippen LogP contribution in [0.15, 0.2) is 10.2 Å². The molecule has 0 aromatic heterocycles. The number of azo groups is 1. The number of amides is 2. The van der Waals surface area contributed by atoms with Crippen molar-refractivity contribution in [2.75, 3.05) is 0 Å². The summed E-state index contributed by atoms with van der Waals surface area (Å²) in [5, 5.41) is 12.6. The monoisotopic (exact) mass is 102 g/mol. The van der Waals surface area contributed by atoms with Crippen molar-refractivity contribution in [1.29, 1.82) is 0 Å². The van der Waals surface area contributed by atoms with Crippen LogP contribution in [0.1, 0.15) is 0 Å². The number of carbonyl (C=O) groups excluding carboxylic acids is 1. The van der Waals surface area contributed by atoms with E-state index in [1.54, 1.807) is 0 Å². The summed E-state index contributed by atoms with van der Waals surface area (Å²) < 4.78 is 0. The number of rotatable bonds is 1. The highest BCUT2D eigenvalue weighted by atomic mass is 16.4. The van der Waals surface area contributed by atoms with Crippen molar-refractivity contribution >= 4 is 12.5 Å². The Labute approximate surface area is 38.7 Å². The van der Waals surface area contributed by atoms with Gasteiger partial charge in [-0.05, 0) is 0 Å². The van der Waals surface area contributed by atoms with Gasteiger partial charge in [-0.25, -0.2) is 4.79 Å². The van der Waals surface area contributed by atoms with Crippen LogP contribution in [0.5, 0.6) is 0 Å². The smallest absolute Gasteiger partial charge is 0.450 e. The molecule has 0 spiro atoms. The molecular weight excluding hydrogens is 100 g/mol. The van der Waals surface area contributed by atoms with Crippen molar-refractivity contribution in [2.45, 2.75) is 0 Å². The van der Waals surface area contributed by atoms with Gasteiger partial charge in [-0.2, -0.15) is 0 Å². The lowest BCUT2D eigenvalue weighted by Crippen LogP contribution is -1.80. The zero-order chi connectivity index (χ0) is 5.70. The summed E-state index contributed by atoms with van der Waals surface area (Å²) in [6, 6.07) is 0. The van der Waals surface area contributed by atoms with Crippen LogP contribution in [0.4, 0.5) is 4.79 Å². The lowest BCUT2D eigenvalue weighted by molar-refractivity contribution is -0.107. The van der Waals surface area contributed by atoms with Crippen molar-refractivity contribution in [1.82, 2.24) is 0 Å². The molecule has 5 nitrogen and oxygen atoms in total. The van der Waals surface area contributed by atoms with Crippen LogP contribution in [0.3, 0.4) is 0 Å². The fourth-order valence-corrected chi connectivity index (χ4v) is 0.0730. The zero-order valence-electron chi connectivity index (χ0n) is 3.24. The molecule has 0 aliphatic heterocycles. The highest BCUT2D eigenvalue weighted by Crippen LogP contribution is 1.69. The van der Waals surface area contributed by atoms with Gasteiger partial charge in [0, 0.05) is 0 Å². The molecule has 0 heterocycles. The molecule has 0 aliphatic rings. The van der Waals surface area contributed by atoms with Crippen molar-refractivity contribution in [3.63, 3.8) is 0 Å². The van der Waals surface area contributed by atoms with E-state index in [0.29, 0.717) is 0 Å². The van der Waals surface area contributed by atoms with Crippen LogP contribution in [-0.2, 0) is 4.79 Å². The molecule has 0 saturated heterocycles. The Hall–Kier alpha value is -1.26. The summed E-state index contributed by atoms with van der Waals surface area (Å²) in [7, 11) is 0. The Morgan fingerprint density at radius 3 is 2.43 bits per heavy atom. The number of hydrogen-bond donors (Lipinski definition) is 1. The minimum Gasteiger partial charge on any atom is -0.462 e. The Bertz CT molecular complexity index is 108. The van der Waals surface area contributed by atoms with Crippen LogP contribution in [-0.4, -0.2) is 17.6 Å². The molecule has 5 heteroatoms. The standard InChI is InChI=1S/C2H2N2O3/c5-1-3-4-2(6)7/h1H,(H,6,7). The van der Waals surface area contributed by atoms with Gasteiger partial charge in [0.1, 0.15) is 0 Å². The van der Waals surface area contributed by atoms with E-state index >= 15 is 0 Å². The van der Waals surface area contributed by atoms with E-state index in [9.17, 15) is 9.59 Å². The van der Waals surface area contributed by atoms with Crippen LogP contribution in [0, 0.1) is 0 Å². The summed E-state index contributed by atoms with van der Waals surface area (Å²) in [5.41, 5.74) is 0. The van der Waals surface area contributed by atoms with Crippen LogP contribution in [0.2, 0.25) is 0 Å². The topological polar surface area (TPSA) is 79.1 Å². The third-order valence-corrected chi connectivity index (χ3v) is 0.190. The molecule has 0 atom stereocenters. The number of carbonyl (C=O) groups is 2. The van der Waals surface area contributed by atoms with Gasteiger partial charge in [0.2, 0.25) is 0 Å². The van der Waals surface area contributed by atoms with E-state index < -0.39 is 6.09 Å². The zero-order valence-corrected chi connectivity index (χ0v) is 3.24. The summed E-state index contributed by atoms with van der Waals surface area (Å²) in [4.78, 5) is 18.5. The molecule has 0 aromatic rings. The molecule has 0 radical (unpaired) electrons. The molecule has 0 bridgehead atoms. The summed E-state index contributed by atoms with van der Waals surface area (Å²) in [5.74, 6) is 0. The molecule has 38 valence electrons. The van der Waals surface area contributed by atoms with E-state index in [2.05, 4.69) is 10.2 Å². The second-order valence-electron chi connectivity index (χ2n) is 0.603. The maximum atomic E-state index is 9.34. The Kier molecular flexibility index (Phi) is 2.42. The van der Waals surface area contributed by atoms with E-state index in [1.165, 1.54) is 0 Å². The first-order valence-corrected chi connectivity index (χ1v) is 1.35. The molecule has 7 heavy (non-hydrogen) atoms. The van der Waals surface area contributed by atoms with Gasteiger partial charge in [-0.15, -0.1) is 5.11 Å². The third kappa shape index (κ3) is 4.74. The van der Waals surface area contributed by atoms with Gasteiger partial charge in [-0.3, -0.25) is 4.79 Å². The molecule has 1 N–H and O–H groups in total. The molecule has 0 aromatic carbocycles. The highest BCUT2D eigenvalue weighted by Gasteiger charge is 1.82. The number of hydrogen-bond acceptors (Lipinski definition) is 2. The van der Waals surface area contributed by atoms with Crippen molar-refractivity contribution in [3.05, 3.63) is 0 Å². The molecule has 0 saturated carbocycles. The quantitative estimate of drug-likeness (QED) is 0.381. The van der Waals surface area contributed by atoms with E-state index in [0.717, 1.165) is 0 Å². The second kappa shape index (κ2) is 2.95. The van der Waals surface area contributed by atoms with Crippen LogP contribution in [0.25, 0.3) is 0 Å². The first-order valence-electron chi connectivity index (χ1n) is 1.35. The predicted molar refractivity (Wildman–Crippen MR) is 18.9 cm³/mol. The van der Waals surface area contributed by atoms with E-state index in [1.807, 2.05) is 0 Å². The van der Waals surface area contributed by atoms with Crippen molar-refractivity contribution in [3.8, 4) is 0 Å². The van der Waals surface area contributed by atoms with Gasteiger partial charge in [0.25, 0.3) is 6.41 Å². The van der Waals surface area contributed by atoms with E-state index in [-0.39, 0.29) is 6.41 Å². The first kappa shape index (κ1) is 5.74. The predicted octanol–water partition coefficient (Wildman–Crippen LogP) is 0.273. The van der Waals surface area contributed by atoms with Crippen molar-refractivity contribution < 1.29 is 14.7 Å². The SMILES string of the molecule is O=CN=NC(=O)O. The van der Waals surface area contributed by atoms with E-state index in [4.69, 9.17) is 5.11 Å². The summed E-state index contributed by atoms with van der Waals surface area (Å²) in [6.45, 7) is 0. The van der Waals surface area contributed by atoms with Crippen LogP contribution >= 0.6 is 0 Å². The maximum absolute atomic E-state index is 9.34. The van der Waals surface area contributed by atoms with Gasteiger partial charge in [0.15, 0.2) is 0 Å². The average Bonchev–Trinajstić information content (AvgIpc) is 1.61. The normalized spacial score (nSPS) is 9.14.